The lowest BCUT2D eigenvalue weighted by Gasteiger charge is -2.23. The average Bonchev–Trinajstić information content (AvgIpc) is 2.65. The van der Waals surface area contributed by atoms with Gasteiger partial charge in [0, 0.05) is 12.7 Å². The standard InChI is InChI=1S/C21H25NO5/c1-14(2)16-6-5-7-19(12-16)27-15(3)21(25)22(4)17-8-10-18(11-9-17)26-13-20(23)24/h5-12,14-15H,13H2,1-4H3,(H,23,24). The van der Waals surface area contributed by atoms with Crippen molar-refractivity contribution in [2.75, 3.05) is 18.6 Å². The first-order chi connectivity index (χ1) is 12.8. The third kappa shape index (κ3) is 5.74. The van der Waals surface area contributed by atoms with E-state index in [0.29, 0.717) is 23.1 Å². The minimum absolute atomic E-state index is 0.191. The number of amides is 1. The number of carbonyl (C=O) groups is 2. The summed E-state index contributed by atoms with van der Waals surface area (Å²) in [7, 11) is 1.67. The molecule has 6 nitrogen and oxygen atoms in total. The predicted molar refractivity (Wildman–Crippen MR) is 104 cm³/mol. The van der Waals surface area contributed by atoms with Gasteiger partial charge in [-0.05, 0) is 54.8 Å². The SMILES string of the molecule is CC(Oc1cccc(C(C)C)c1)C(=O)N(C)c1ccc(OCC(=O)O)cc1. The molecule has 1 amide bonds. The van der Waals surface area contributed by atoms with E-state index in [1.165, 1.54) is 4.90 Å². The zero-order chi connectivity index (χ0) is 20.0. The van der Waals surface area contributed by atoms with Crippen molar-refractivity contribution in [3.63, 3.8) is 0 Å². The second-order valence-corrected chi connectivity index (χ2v) is 6.56. The predicted octanol–water partition coefficient (Wildman–Crippen LogP) is 3.70. The van der Waals surface area contributed by atoms with Gasteiger partial charge in [-0.2, -0.15) is 0 Å². The normalized spacial score (nSPS) is 11.7. The summed E-state index contributed by atoms with van der Waals surface area (Å²) in [5, 5.41) is 8.63. The van der Waals surface area contributed by atoms with E-state index in [0.717, 1.165) is 5.56 Å². The second-order valence-electron chi connectivity index (χ2n) is 6.56. The van der Waals surface area contributed by atoms with Crippen LogP contribution < -0.4 is 14.4 Å². The number of carbonyl (C=O) groups excluding carboxylic acids is 1. The minimum Gasteiger partial charge on any atom is -0.482 e. The van der Waals surface area contributed by atoms with E-state index in [9.17, 15) is 9.59 Å². The van der Waals surface area contributed by atoms with Crippen molar-refractivity contribution >= 4 is 17.6 Å². The molecular weight excluding hydrogens is 346 g/mol. The number of hydrogen-bond donors (Lipinski definition) is 1. The maximum absolute atomic E-state index is 12.7. The molecule has 1 atom stereocenters. The van der Waals surface area contributed by atoms with Crippen LogP contribution in [0, 0.1) is 0 Å². The van der Waals surface area contributed by atoms with Crippen LogP contribution in [0.2, 0.25) is 0 Å². The van der Waals surface area contributed by atoms with Gasteiger partial charge in [-0.25, -0.2) is 4.79 Å². The molecule has 0 aliphatic heterocycles. The summed E-state index contributed by atoms with van der Waals surface area (Å²) < 4.78 is 10.9. The smallest absolute Gasteiger partial charge is 0.341 e. The lowest BCUT2D eigenvalue weighted by atomic mass is 10.0. The molecule has 2 rings (SSSR count). The molecule has 2 aromatic carbocycles. The van der Waals surface area contributed by atoms with Crippen molar-refractivity contribution in [3.8, 4) is 11.5 Å². The van der Waals surface area contributed by atoms with Gasteiger partial charge < -0.3 is 19.5 Å². The maximum Gasteiger partial charge on any atom is 0.341 e. The van der Waals surface area contributed by atoms with Crippen molar-refractivity contribution < 1.29 is 24.2 Å². The highest BCUT2D eigenvalue weighted by molar-refractivity contribution is 5.96. The first-order valence-corrected chi connectivity index (χ1v) is 8.76. The quantitative estimate of drug-likeness (QED) is 0.766. The van der Waals surface area contributed by atoms with Gasteiger partial charge in [-0.15, -0.1) is 0 Å². The minimum atomic E-state index is -1.04. The summed E-state index contributed by atoms with van der Waals surface area (Å²) in [5.74, 6) is 0.233. The maximum atomic E-state index is 12.7. The Kier molecular flexibility index (Phi) is 6.82. The van der Waals surface area contributed by atoms with Gasteiger partial charge in [0.05, 0.1) is 0 Å². The molecule has 0 aliphatic rings. The van der Waals surface area contributed by atoms with E-state index in [1.807, 2.05) is 24.3 Å². The zero-order valence-corrected chi connectivity index (χ0v) is 16.0. The van der Waals surface area contributed by atoms with Gasteiger partial charge in [-0.3, -0.25) is 4.79 Å². The molecule has 6 heteroatoms. The van der Waals surface area contributed by atoms with E-state index < -0.39 is 18.7 Å². The number of hydrogen-bond acceptors (Lipinski definition) is 4. The van der Waals surface area contributed by atoms with Crippen molar-refractivity contribution in [1.29, 1.82) is 0 Å². The monoisotopic (exact) mass is 371 g/mol. The van der Waals surface area contributed by atoms with Crippen LogP contribution in [0.1, 0.15) is 32.3 Å². The van der Waals surface area contributed by atoms with Crippen molar-refractivity contribution in [2.45, 2.75) is 32.8 Å². The van der Waals surface area contributed by atoms with Gasteiger partial charge in [0.15, 0.2) is 12.7 Å². The van der Waals surface area contributed by atoms with Gasteiger partial charge in [0.25, 0.3) is 5.91 Å². The molecule has 0 spiro atoms. The number of carboxylic acid groups (broad SMARTS) is 1. The van der Waals surface area contributed by atoms with Crippen LogP contribution in [0.5, 0.6) is 11.5 Å². The Balaban J connectivity index is 2.01. The average molecular weight is 371 g/mol. The number of likely N-dealkylation sites (N-methyl/N-ethyl adjacent to an activating group) is 1. The first-order valence-electron chi connectivity index (χ1n) is 8.76. The first kappa shape index (κ1) is 20.3. The molecule has 0 bridgehead atoms. The third-order valence-corrected chi connectivity index (χ3v) is 4.10. The Bertz CT molecular complexity index is 785. The molecule has 2 aromatic rings. The molecule has 0 radical (unpaired) electrons. The van der Waals surface area contributed by atoms with E-state index in [1.54, 1.807) is 38.2 Å². The van der Waals surface area contributed by atoms with Gasteiger partial charge >= 0.3 is 5.97 Å². The highest BCUT2D eigenvalue weighted by Gasteiger charge is 2.20. The van der Waals surface area contributed by atoms with Crippen LogP contribution in [0.25, 0.3) is 0 Å². The molecule has 1 N–H and O–H groups in total. The Morgan fingerprint density at radius 3 is 2.30 bits per heavy atom. The lowest BCUT2D eigenvalue weighted by Crippen LogP contribution is -2.38. The fourth-order valence-corrected chi connectivity index (χ4v) is 2.51. The number of rotatable bonds is 8. The van der Waals surface area contributed by atoms with Crippen molar-refractivity contribution in [2.24, 2.45) is 0 Å². The summed E-state index contributed by atoms with van der Waals surface area (Å²) in [6.07, 6.45) is -0.652. The van der Waals surface area contributed by atoms with Crippen LogP contribution in [0.3, 0.4) is 0 Å². The van der Waals surface area contributed by atoms with Gasteiger partial charge in [0.1, 0.15) is 11.5 Å². The van der Waals surface area contributed by atoms with Gasteiger partial charge in [-0.1, -0.05) is 26.0 Å². The molecule has 0 saturated heterocycles. The summed E-state index contributed by atoms with van der Waals surface area (Å²) in [5.41, 5.74) is 1.81. The highest BCUT2D eigenvalue weighted by Crippen LogP contribution is 2.23. The highest BCUT2D eigenvalue weighted by atomic mass is 16.5. The molecule has 0 heterocycles. The zero-order valence-electron chi connectivity index (χ0n) is 16.0. The molecule has 0 aliphatic carbocycles. The van der Waals surface area contributed by atoms with Crippen molar-refractivity contribution in [3.05, 3.63) is 54.1 Å². The Morgan fingerprint density at radius 1 is 1.04 bits per heavy atom. The number of nitrogens with zero attached hydrogens (tertiary/aromatic N) is 1. The number of ether oxygens (including phenoxy) is 2. The van der Waals surface area contributed by atoms with E-state index in [2.05, 4.69) is 13.8 Å². The molecule has 0 saturated carbocycles. The Morgan fingerprint density at radius 2 is 1.70 bits per heavy atom. The summed E-state index contributed by atoms with van der Waals surface area (Å²) >= 11 is 0. The Hall–Kier alpha value is -3.02. The topological polar surface area (TPSA) is 76.1 Å². The van der Waals surface area contributed by atoms with Crippen LogP contribution in [-0.4, -0.2) is 36.7 Å². The van der Waals surface area contributed by atoms with E-state index in [4.69, 9.17) is 14.6 Å². The summed E-state index contributed by atoms with van der Waals surface area (Å²) in [6, 6.07) is 14.4. The molecule has 1 unspecified atom stereocenters. The summed E-state index contributed by atoms with van der Waals surface area (Å²) in [6.45, 7) is 5.51. The lowest BCUT2D eigenvalue weighted by molar-refractivity contribution is -0.139. The van der Waals surface area contributed by atoms with Crippen LogP contribution in [-0.2, 0) is 9.59 Å². The molecular formula is C21H25NO5. The number of carboxylic acids is 1. The molecule has 27 heavy (non-hydrogen) atoms. The largest absolute Gasteiger partial charge is 0.482 e. The fourth-order valence-electron chi connectivity index (χ4n) is 2.51. The molecule has 144 valence electrons. The third-order valence-electron chi connectivity index (χ3n) is 4.10. The van der Waals surface area contributed by atoms with Gasteiger partial charge in [0.2, 0.25) is 0 Å². The van der Waals surface area contributed by atoms with E-state index >= 15 is 0 Å². The van der Waals surface area contributed by atoms with Crippen LogP contribution in [0.15, 0.2) is 48.5 Å². The van der Waals surface area contributed by atoms with Crippen LogP contribution in [0.4, 0.5) is 5.69 Å². The van der Waals surface area contributed by atoms with Crippen molar-refractivity contribution in [1.82, 2.24) is 0 Å². The van der Waals surface area contributed by atoms with E-state index in [-0.39, 0.29) is 5.91 Å². The fraction of sp³-hybridized carbons (Fsp3) is 0.333. The Labute approximate surface area is 159 Å². The molecule has 0 fully saturated rings. The number of benzene rings is 2. The number of aliphatic carboxylic acids is 1. The van der Waals surface area contributed by atoms with Crippen LogP contribution >= 0.6 is 0 Å². The summed E-state index contributed by atoms with van der Waals surface area (Å²) in [4.78, 5) is 24.7. The second kappa shape index (κ2) is 9.07. The number of anilines is 1. The molecule has 0 aromatic heterocycles.